The molecule has 0 aliphatic rings. The van der Waals surface area contributed by atoms with Crippen molar-refractivity contribution in [2.24, 2.45) is 0 Å². The van der Waals surface area contributed by atoms with Crippen LogP contribution in [0.2, 0.25) is 0 Å². The minimum atomic E-state index is -3.33. The zero-order chi connectivity index (χ0) is 18.3. The Hall–Kier alpha value is -1.99. The maximum Gasteiger partial charge on any atom is 0.251 e. The lowest BCUT2D eigenvalue weighted by Crippen LogP contribution is -2.26. The number of anilines is 1. The zero-order valence-electron chi connectivity index (χ0n) is 14.3. The van der Waals surface area contributed by atoms with E-state index in [4.69, 9.17) is 0 Å². The number of hydrogen-bond donors (Lipinski definition) is 2. The second-order valence-electron chi connectivity index (χ2n) is 5.70. The van der Waals surface area contributed by atoms with Crippen LogP contribution in [0.1, 0.15) is 21.5 Å². The molecule has 2 aromatic carbocycles. The van der Waals surface area contributed by atoms with Gasteiger partial charge in [-0.05, 0) is 36.2 Å². The van der Waals surface area contributed by atoms with Crippen LogP contribution < -0.4 is 10.0 Å². The summed E-state index contributed by atoms with van der Waals surface area (Å²) in [6.07, 6.45) is 1.10. The molecule has 7 heteroatoms. The first-order valence-electron chi connectivity index (χ1n) is 7.83. The monoisotopic (exact) mass is 378 g/mol. The molecule has 0 heterocycles. The number of carbonyl (C=O) groups is 1. The van der Waals surface area contributed by atoms with Crippen molar-refractivity contribution in [3.63, 3.8) is 0 Å². The Morgan fingerprint density at radius 3 is 2.48 bits per heavy atom. The van der Waals surface area contributed by atoms with Crippen molar-refractivity contribution >= 4 is 33.4 Å². The van der Waals surface area contributed by atoms with Gasteiger partial charge < -0.3 is 5.32 Å². The van der Waals surface area contributed by atoms with E-state index in [9.17, 15) is 13.2 Å². The van der Waals surface area contributed by atoms with Crippen LogP contribution in [0.25, 0.3) is 0 Å². The summed E-state index contributed by atoms with van der Waals surface area (Å²) in [6.45, 7) is 2.35. The highest BCUT2D eigenvalue weighted by Gasteiger charge is 2.09. The fourth-order valence-electron chi connectivity index (χ4n) is 2.22. The van der Waals surface area contributed by atoms with Crippen molar-refractivity contribution in [2.75, 3.05) is 23.3 Å². The molecule has 134 valence electrons. The predicted octanol–water partition coefficient (Wildman–Crippen LogP) is 3.03. The normalized spacial score (nSPS) is 11.1. The maximum absolute atomic E-state index is 12.2. The Labute approximate surface area is 153 Å². The van der Waals surface area contributed by atoms with Gasteiger partial charge in [-0.3, -0.25) is 9.52 Å². The van der Waals surface area contributed by atoms with Gasteiger partial charge in [0.2, 0.25) is 10.0 Å². The van der Waals surface area contributed by atoms with Gasteiger partial charge >= 0.3 is 0 Å². The van der Waals surface area contributed by atoms with Crippen LogP contribution in [-0.2, 0) is 15.8 Å². The van der Waals surface area contributed by atoms with Crippen LogP contribution in [0.3, 0.4) is 0 Å². The molecule has 0 saturated carbocycles. The Kier molecular flexibility index (Phi) is 6.90. The molecule has 0 saturated heterocycles. The summed E-state index contributed by atoms with van der Waals surface area (Å²) >= 11 is 1.76. The third-order valence-corrected chi connectivity index (χ3v) is 5.05. The summed E-state index contributed by atoms with van der Waals surface area (Å²) in [5.74, 6) is 1.59. The highest BCUT2D eigenvalue weighted by Crippen LogP contribution is 2.17. The minimum absolute atomic E-state index is 0.158. The van der Waals surface area contributed by atoms with E-state index in [1.807, 2.05) is 18.2 Å². The smallest absolute Gasteiger partial charge is 0.251 e. The van der Waals surface area contributed by atoms with Crippen molar-refractivity contribution < 1.29 is 13.2 Å². The first kappa shape index (κ1) is 19.3. The molecule has 0 aliphatic carbocycles. The van der Waals surface area contributed by atoms with Gasteiger partial charge in [0.15, 0.2) is 0 Å². The number of amides is 1. The van der Waals surface area contributed by atoms with Crippen LogP contribution in [0.15, 0.2) is 48.5 Å². The molecule has 25 heavy (non-hydrogen) atoms. The fourth-order valence-corrected chi connectivity index (χ4v) is 3.67. The summed E-state index contributed by atoms with van der Waals surface area (Å²) in [6, 6.07) is 15.1. The molecule has 0 fully saturated rings. The third-order valence-electron chi connectivity index (χ3n) is 3.43. The molecule has 2 N–H and O–H groups in total. The van der Waals surface area contributed by atoms with E-state index in [-0.39, 0.29) is 5.91 Å². The average Bonchev–Trinajstić information content (AvgIpc) is 2.56. The number of carbonyl (C=O) groups excluding carboxylic acids is 1. The maximum atomic E-state index is 12.2. The van der Waals surface area contributed by atoms with Crippen molar-refractivity contribution in [3.8, 4) is 0 Å². The first-order valence-corrected chi connectivity index (χ1v) is 10.9. The van der Waals surface area contributed by atoms with Crippen LogP contribution >= 0.6 is 11.8 Å². The van der Waals surface area contributed by atoms with E-state index in [2.05, 4.69) is 22.2 Å². The third kappa shape index (κ3) is 6.80. The molecule has 0 aliphatic heterocycles. The molecule has 0 atom stereocenters. The molecule has 2 aromatic rings. The summed E-state index contributed by atoms with van der Waals surface area (Å²) in [7, 11) is -3.33. The van der Waals surface area contributed by atoms with Gasteiger partial charge in [0.1, 0.15) is 0 Å². The number of hydrogen-bond acceptors (Lipinski definition) is 4. The quantitative estimate of drug-likeness (QED) is 0.693. The summed E-state index contributed by atoms with van der Waals surface area (Å²) in [5.41, 5.74) is 2.97. The molecular formula is C18H22N2O3S2. The van der Waals surface area contributed by atoms with E-state index in [1.54, 1.807) is 36.9 Å². The molecule has 2 rings (SSSR count). The molecular weight excluding hydrogens is 356 g/mol. The predicted molar refractivity (Wildman–Crippen MR) is 105 cm³/mol. The molecule has 0 radical (unpaired) electrons. The van der Waals surface area contributed by atoms with Gasteiger partial charge in [0.25, 0.3) is 5.91 Å². The number of thioether (sulfide) groups is 1. The highest BCUT2D eigenvalue weighted by molar-refractivity contribution is 7.98. The van der Waals surface area contributed by atoms with E-state index in [0.29, 0.717) is 23.4 Å². The topological polar surface area (TPSA) is 75.3 Å². The Balaban J connectivity index is 1.79. The van der Waals surface area contributed by atoms with Crippen LogP contribution in [-0.4, -0.2) is 32.9 Å². The van der Waals surface area contributed by atoms with Gasteiger partial charge in [-0.15, -0.1) is 0 Å². The van der Waals surface area contributed by atoms with Gasteiger partial charge in [0.05, 0.1) is 11.9 Å². The number of benzene rings is 2. The van der Waals surface area contributed by atoms with Gasteiger partial charge in [0, 0.05) is 23.6 Å². The summed E-state index contributed by atoms with van der Waals surface area (Å²) in [4.78, 5) is 12.2. The molecule has 0 aromatic heterocycles. The van der Waals surface area contributed by atoms with Crippen LogP contribution in [0.4, 0.5) is 5.69 Å². The van der Waals surface area contributed by atoms with Crippen molar-refractivity contribution in [1.82, 2.24) is 5.32 Å². The molecule has 5 nitrogen and oxygen atoms in total. The Bertz CT molecular complexity index is 821. The minimum Gasteiger partial charge on any atom is -0.351 e. The first-order chi connectivity index (χ1) is 11.8. The molecule has 0 unspecified atom stereocenters. The van der Waals surface area contributed by atoms with Gasteiger partial charge in [-0.2, -0.15) is 11.8 Å². The number of aryl methyl sites for hydroxylation is 1. The average molecular weight is 379 g/mol. The molecule has 1 amide bonds. The van der Waals surface area contributed by atoms with E-state index in [1.165, 1.54) is 5.56 Å². The van der Waals surface area contributed by atoms with Crippen molar-refractivity contribution in [3.05, 3.63) is 65.2 Å². The van der Waals surface area contributed by atoms with E-state index in [0.717, 1.165) is 17.8 Å². The number of sulfonamides is 1. The van der Waals surface area contributed by atoms with Gasteiger partial charge in [-0.25, -0.2) is 8.42 Å². The molecule has 0 bridgehead atoms. The SMILES string of the molecule is Cc1cc(C(=O)NCCSCc2ccccc2)ccc1NS(C)(=O)=O. The zero-order valence-corrected chi connectivity index (χ0v) is 15.9. The van der Waals surface area contributed by atoms with Crippen molar-refractivity contribution in [1.29, 1.82) is 0 Å². The Morgan fingerprint density at radius 1 is 1.12 bits per heavy atom. The van der Waals surface area contributed by atoms with E-state index < -0.39 is 10.0 Å². The van der Waals surface area contributed by atoms with E-state index >= 15 is 0 Å². The van der Waals surface area contributed by atoms with Crippen LogP contribution in [0, 0.1) is 6.92 Å². The fraction of sp³-hybridized carbons (Fsp3) is 0.278. The highest BCUT2D eigenvalue weighted by atomic mass is 32.2. The number of rotatable bonds is 8. The summed E-state index contributed by atoms with van der Waals surface area (Å²) < 4.78 is 25.0. The standard InChI is InChI=1S/C18H22N2O3S2/c1-14-12-16(8-9-17(14)20-25(2,22)23)18(21)19-10-11-24-13-15-6-4-3-5-7-15/h3-9,12,20H,10-11,13H2,1-2H3,(H,19,21). The Morgan fingerprint density at radius 2 is 1.84 bits per heavy atom. The van der Waals surface area contributed by atoms with Crippen molar-refractivity contribution in [2.45, 2.75) is 12.7 Å². The lowest BCUT2D eigenvalue weighted by molar-refractivity contribution is 0.0956. The summed E-state index contributed by atoms with van der Waals surface area (Å²) in [5, 5.41) is 2.88. The second-order valence-corrected chi connectivity index (χ2v) is 8.55. The largest absolute Gasteiger partial charge is 0.351 e. The van der Waals surface area contributed by atoms with Crippen LogP contribution in [0.5, 0.6) is 0 Å². The lowest BCUT2D eigenvalue weighted by atomic mass is 10.1. The lowest BCUT2D eigenvalue weighted by Gasteiger charge is -2.10. The van der Waals surface area contributed by atoms with Gasteiger partial charge in [-0.1, -0.05) is 30.3 Å². The molecule has 0 spiro atoms. The second kappa shape index (κ2) is 8.92. The number of nitrogens with one attached hydrogen (secondary N) is 2.